The number of hydrogen-bond donors (Lipinski definition) is 3. The summed E-state index contributed by atoms with van der Waals surface area (Å²) in [7, 11) is -3.59. The highest BCUT2D eigenvalue weighted by atomic mass is 32.2. The number of nitrogens with one attached hydrogen (secondary N) is 2. The van der Waals surface area contributed by atoms with Crippen LogP contribution in [0.2, 0.25) is 0 Å². The molecule has 1 heterocycles. The maximum atomic E-state index is 12.0. The zero-order valence-electron chi connectivity index (χ0n) is 11.4. The monoisotopic (exact) mass is 294 g/mol. The van der Waals surface area contributed by atoms with E-state index in [1.165, 1.54) is 12.4 Å². The van der Waals surface area contributed by atoms with E-state index in [-0.39, 0.29) is 10.3 Å². The van der Waals surface area contributed by atoms with Crippen molar-refractivity contribution in [1.82, 2.24) is 10.2 Å². The quantitative estimate of drug-likeness (QED) is 0.776. The van der Waals surface area contributed by atoms with Crippen LogP contribution in [0, 0.1) is 0 Å². The van der Waals surface area contributed by atoms with Gasteiger partial charge in [-0.15, -0.1) is 0 Å². The SMILES string of the molecule is CC(C)(CN)c1ccc(NS(=O)(=O)c2cn[nH]c2)cc1. The second-order valence-electron chi connectivity index (χ2n) is 5.20. The van der Waals surface area contributed by atoms with Crippen molar-refractivity contribution in [2.75, 3.05) is 11.3 Å². The Kier molecular flexibility index (Phi) is 3.82. The third kappa shape index (κ3) is 3.00. The van der Waals surface area contributed by atoms with E-state index in [0.717, 1.165) is 5.56 Å². The summed E-state index contributed by atoms with van der Waals surface area (Å²) in [5.41, 5.74) is 7.15. The molecule has 0 fully saturated rings. The molecule has 0 aliphatic carbocycles. The van der Waals surface area contributed by atoms with Gasteiger partial charge >= 0.3 is 0 Å². The van der Waals surface area contributed by atoms with Gasteiger partial charge in [0, 0.05) is 23.8 Å². The van der Waals surface area contributed by atoms with Crippen molar-refractivity contribution in [2.45, 2.75) is 24.2 Å². The van der Waals surface area contributed by atoms with Crippen LogP contribution in [0.5, 0.6) is 0 Å². The molecule has 4 N–H and O–H groups in total. The highest BCUT2D eigenvalue weighted by Crippen LogP contribution is 2.24. The third-order valence-electron chi connectivity index (χ3n) is 3.21. The van der Waals surface area contributed by atoms with Gasteiger partial charge < -0.3 is 5.73 Å². The first-order valence-corrected chi connectivity index (χ1v) is 7.66. The summed E-state index contributed by atoms with van der Waals surface area (Å²) in [6.45, 7) is 4.60. The number of sulfonamides is 1. The lowest BCUT2D eigenvalue weighted by Crippen LogP contribution is -2.27. The number of nitrogens with zero attached hydrogens (tertiary/aromatic N) is 1. The second kappa shape index (κ2) is 5.26. The van der Waals surface area contributed by atoms with Gasteiger partial charge in [-0.2, -0.15) is 5.10 Å². The first-order valence-electron chi connectivity index (χ1n) is 6.17. The van der Waals surface area contributed by atoms with Crippen molar-refractivity contribution in [1.29, 1.82) is 0 Å². The Morgan fingerprint density at radius 3 is 2.45 bits per heavy atom. The number of anilines is 1. The van der Waals surface area contributed by atoms with Crippen LogP contribution in [0.15, 0.2) is 41.6 Å². The number of rotatable bonds is 5. The summed E-state index contributed by atoms with van der Waals surface area (Å²) in [4.78, 5) is 0.101. The maximum Gasteiger partial charge on any atom is 0.265 e. The number of hydrogen-bond acceptors (Lipinski definition) is 4. The molecule has 2 rings (SSSR count). The average Bonchev–Trinajstić information content (AvgIpc) is 2.93. The standard InChI is InChI=1S/C13H18N4O2S/c1-13(2,9-14)10-3-5-11(6-4-10)17-20(18,19)12-7-15-16-8-12/h3-8,17H,9,14H2,1-2H3,(H,15,16). The molecule has 0 spiro atoms. The molecule has 0 aliphatic rings. The summed E-state index contributed by atoms with van der Waals surface area (Å²) in [6.07, 6.45) is 2.59. The van der Waals surface area contributed by atoms with E-state index < -0.39 is 10.0 Å². The van der Waals surface area contributed by atoms with E-state index >= 15 is 0 Å². The highest BCUT2D eigenvalue weighted by molar-refractivity contribution is 7.92. The fourth-order valence-electron chi connectivity index (χ4n) is 1.71. The lowest BCUT2D eigenvalue weighted by Gasteiger charge is -2.23. The fourth-order valence-corrected chi connectivity index (χ4v) is 2.67. The molecule has 108 valence electrons. The Balaban J connectivity index is 2.20. The minimum Gasteiger partial charge on any atom is -0.330 e. The normalized spacial score (nSPS) is 12.3. The number of nitrogens with two attached hydrogens (primary N) is 1. The van der Waals surface area contributed by atoms with Crippen LogP contribution >= 0.6 is 0 Å². The van der Waals surface area contributed by atoms with Crippen LogP contribution in [0.25, 0.3) is 0 Å². The molecular formula is C13H18N4O2S. The predicted molar refractivity (Wildman–Crippen MR) is 77.9 cm³/mol. The van der Waals surface area contributed by atoms with Crippen LogP contribution in [-0.2, 0) is 15.4 Å². The van der Waals surface area contributed by atoms with E-state index in [1.54, 1.807) is 12.1 Å². The Morgan fingerprint density at radius 1 is 1.30 bits per heavy atom. The van der Waals surface area contributed by atoms with Crippen LogP contribution in [-0.4, -0.2) is 25.2 Å². The fraction of sp³-hybridized carbons (Fsp3) is 0.308. The molecule has 0 saturated carbocycles. The Morgan fingerprint density at radius 2 is 1.95 bits per heavy atom. The van der Waals surface area contributed by atoms with Gasteiger partial charge in [0.05, 0.1) is 6.20 Å². The topological polar surface area (TPSA) is 101 Å². The van der Waals surface area contributed by atoms with Crippen LogP contribution in [0.4, 0.5) is 5.69 Å². The molecule has 0 unspecified atom stereocenters. The number of H-pyrrole nitrogens is 1. The minimum atomic E-state index is -3.59. The lowest BCUT2D eigenvalue weighted by molar-refractivity contribution is 0.539. The molecule has 0 atom stereocenters. The van der Waals surface area contributed by atoms with E-state index in [0.29, 0.717) is 12.2 Å². The molecular weight excluding hydrogens is 276 g/mol. The molecule has 1 aromatic heterocycles. The van der Waals surface area contributed by atoms with Gasteiger partial charge in [0.2, 0.25) is 0 Å². The summed E-state index contributed by atoms with van der Waals surface area (Å²) < 4.78 is 26.5. The first-order chi connectivity index (χ1) is 9.35. The van der Waals surface area contributed by atoms with E-state index in [2.05, 4.69) is 14.9 Å². The van der Waals surface area contributed by atoms with Gasteiger partial charge in [0.1, 0.15) is 4.90 Å². The molecule has 0 saturated heterocycles. The third-order valence-corrected chi connectivity index (χ3v) is 4.56. The van der Waals surface area contributed by atoms with Crippen molar-refractivity contribution in [3.63, 3.8) is 0 Å². The van der Waals surface area contributed by atoms with E-state index in [1.807, 2.05) is 26.0 Å². The van der Waals surface area contributed by atoms with Crippen LogP contribution < -0.4 is 10.5 Å². The number of aromatic nitrogens is 2. The molecule has 2 aromatic rings. The zero-order valence-corrected chi connectivity index (χ0v) is 12.2. The Hall–Kier alpha value is -1.86. The Labute approximate surface area is 118 Å². The molecule has 0 bridgehead atoms. The van der Waals surface area contributed by atoms with Crippen LogP contribution in [0.3, 0.4) is 0 Å². The number of benzene rings is 1. The molecule has 20 heavy (non-hydrogen) atoms. The number of aromatic amines is 1. The predicted octanol–water partition coefficient (Wildman–Crippen LogP) is 1.45. The first kappa shape index (κ1) is 14.5. The van der Waals surface area contributed by atoms with Crippen LogP contribution in [0.1, 0.15) is 19.4 Å². The Bertz CT molecular complexity index is 661. The highest BCUT2D eigenvalue weighted by Gasteiger charge is 2.19. The average molecular weight is 294 g/mol. The molecule has 0 radical (unpaired) electrons. The summed E-state index contributed by atoms with van der Waals surface area (Å²) in [5, 5.41) is 6.10. The largest absolute Gasteiger partial charge is 0.330 e. The van der Waals surface area contributed by atoms with Crippen molar-refractivity contribution in [3.8, 4) is 0 Å². The maximum absolute atomic E-state index is 12.0. The van der Waals surface area contributed by atoms with Crippen molar-refractivity contribution in [2.24, 2.45) is 5.73 Å². The molecule has 1 aromatic carbocycles. The van der Waals surface area contributed by atoms with Gasteiger partial charge in [-0.05, 0) is 17.7 Å². The van der Waals surface area contributed by atoms with Gasteiger partial charge in [-0.3, -0.25) is 9.82 Å². The van der Waals surface area contributed by atoms with Gasteiger partial charge in [-0.25, -0.2) is 8.42 Å². The minimum absolute atomic E-state index is 0.101. The van der Waals surface area contributed by atoms with E-state index in [9.17, 15) is 8.42 Å². The van der Waals surface area contributed by atoms with Crippen molar-refractivity contribution >= 4 is 15.7 Å². The smallest absolute Gasteiger partial charge is 0.265 e. The van der Waals surface area contributed by atoms with Gasteiger partial charge in [0.25, 0.3) is 10.0 Å². The zero-order chi connectivity index (χ0) is 14.8. The van der Waals surface area contributed by atoms with E-state index in [4.69, 9.17) is 5.73 Å². The summed E-state index contributed by atoms with van der Waals surface area (Å²) >= 11 is 0. The van der Waals surface area contributed by atoms with Crippen molar-refractivity contribution < 1.29 is 8.42 Å². The molecule has 0 aliphatic heterocycles. The second-order valence-corrected chi connectivity index (χ2v) is 6.89. The summed E-state index contributed by atoms with van der Waals surface area (Å²) in [6, 6.07) is 7.20. The lowest BCUT2D eigenvalue weighted by atomic mass is 9.85. The summed E-state index contributed by atoms with van der Waals surface area (Å²) in [5.74, 6) is 0. The van der Waals surface area contributed by atoms with Gasteiger partial charge in [-0.1, -0.05) is 26.0 Å². The molecule has 0 amide bonds. The van der Waals surface area contributed by atoms with Crippen molar-refractivity contribution in [3.05, 3.63) is 42.2 Å². The van der Waals surface area contributed by atoms with Gasteiger partial charge in [0.15, 0.2) is 0 Å². The molecule has 6 nitrogen and oxygen atoms in total. The molecule has 7 heteroatoms.